The number of nitrogens with zero attached hydrogens (tertiary/aromatic N) is 1. The Bertz CT molecular complexity index is 809. The Morgan fingerprint density at radius 3 is 2.10 bits per heavy atom. The van der Waals surface area contributed by atoms with Crippen LogP contribution in [0.4, 0.5) is 4.39 Å². The van der Waals surface area contributed by atoms with Gasteiger partial charge in [0.2, 0.25) is 11.8 Å². The van der Waals surface area contributed by atoms with E-state index in [9.17, 15) is 18.8 Å². The first kappa shape index (κ1) is 21.8. The fourth-order valence-corrected chi connectivity index (χ4v) is 4.93. The summed E-state index contributed by atoms with van der Waals surface area (Å²) in [6, 6.07) is 5.21. The van der Waals surface area contributed by atoms with E-state index in [-0.39, 0.29) is 47.5 Å². The highest BCUT2D eigenvalue weighted by Crippen LogP contribution is 2.30. The van der Waals surface area contributed by atoms with Crippen molar-refractivity contribution in [3.8, 4) is 0 Å². The monoisotopic (exact) mass is 429 g/mol. The Morgan fingerprint density at radius 1 is 0.806 bits per heavy atom. The van der Waals surface area contributed by atoms with E-state index in [1.54, 1.807) is 0 Å². The molecule has 1 heterocycles. The molecule has 31 heavy (non-hydrogen) atoms. The van der Waals surface area contributed by atoms with Crippen LogP contribution in [0.15, 0.2) is 24.3 Å². The summed E-state index contributed by atoms with van der Waals surface area (Å²) in [5, 5.41) is 6.20. The first-order valence-electron chi connectivity index (χ1n) is 11.7. The second-order valence-corrected chi connectivity index (χ2v) is 9.24. The summed E-state index contributed by atoms with van der Waals surface area (Å²) in [7, 11) is 0. The van der Waals surface area contributed by atoms with Crippen molar-refractivity contribution < 1.29 is 18.8 Å². The first-order chi connectivity index (χ1) is 15.0. The molecule has 0 bridgehead atoms. The molecule has 1 aromatic rings. The summed E-state index contributed by atoms with van der Waals surface area (Å²) in [4.78, 5) is 40.1. The molecule has 7 heteroatoms. The molecular formula is C24H32FN3O3. The number of benzene rings is 1. The van der Waals surface area contributed by atoms with E-state index < -0.39 is 0 Å². The standard InChI is InChI=1S/C24H32FN3O3/c25-19-12-10-16(11-13-19)22(29)26-20-8-1-2-9-21(20)27-23(30)18-7-4-14-28(15-18)24(31)17-5-3-6-17/h10-13,17-18,20-21H,1-9,14-15H2,(H,26,29)(H,27,30)/t18?,20-,21-/m1/s1. The summed E-state index contributed by atoms with van der Waals surface area (Å²) < 4.78 is 13.1. The highest BCUT2D eigenvalue weighted by molar-refractivity contribution is 5.94. The molecular weight excluding hydrogens is 397 g/mol. The molecule has 2 saturated carbocycles. The fraction of sp³-hybridized carbons (Fsp3) is 0.625. The zero-order valence-corrected chi connectivity index (χ0v) is 17.9. The molecule has 3 amide bonds. The van der Waals surface area contributed by atoms with Crippen LogP contribution in [-0.4, -0.2) is 47.8 Å². The van der Waals surface area contributed by atoms with Gasteiger partial charge in [-0.15, -0.1) is 0 Å². The minimum absolute atomic E-state index is 0.0148. The third-order valence-corrected chi connectivity index (χ3v) is 7.07. The normalized spacial score (nSPS) is 26.6. The van der Waals surface area contributed by atoms with Gasteiger partial charge in [-0.1, -0.05) is 19.3 Å². The zero-order valence-electron chi connectivity index (χ0n) is 17.9. The number of hydrogen-bond acceptors (Lipinski definition) is 3. The summed E-state index contributed by atoms with van der Waals surface area (Å²) >= 11 is 0. The maximum atomic E-state index is 13.1. The summed E-state index contributed by atoms with van der Waals surface area (Å²) in [6.07, 6.45) is 8.34. The lowest BCUT2D eigenvalue weighted by Gasteiger charge is -2.38. The number of rotatable bonds is 5. The zero-order chi connectivity index (χ0) is 21.8. The first-order valence-corrected chi connectivity index (χ1v) is 11.7. The van der Waals surface area contributed by atoms with E-state index in [1.165, 1.54) is 24.3 Å². The van der Waals surface area contributed by atoms with Crippen LogP contribution in [0.3, 0.4) is 0 Å². The van der Waals surface area contributed by atoms with Gasteiger partial charge in [-0.05, 0) is 62.8 Å². The van der Waals surface area contributed by atoms with Gasteiger partial charge in [0.05, 0.1) is 5.92 Å². The number of hydrogen-bond donors (Lipinski definition) is 2. The lowest BCUT2D eigenvalue weighted by molar-refractivity contribution is -0.141. The highest BCUT2D eigenvalue weighted by atomic mass is 19.1. The number of piperidine rings is 1. The number of carbonyl (C=O) groups is 3. The van der Waals surface area contributed by atoms with Crippen LogP contribution in [-0.2, 0) is 9.59 Å². The van der Waals surface area contributed by atoms with E-state index in [4.69, 9.17) is 0 Å². The number of likely N-dealkylation sites (tertiary alicyclic amines) is 1. The number of amides is 3. The van der Waals surface area contributed by atoms with Crippen molar-refractivity contribution in [3.63, 3.8) is 0 Å². The topological polar surface area (TPSA) is 78.5 Å². The van der Waals surface area contributed by atoms with Crippen molar-refractivity contribution in [1.82, 2.24) is 15.5 Å². The lowest BCUT2D eigenvalue weighted by Crippen LogP contribution is -2.56. The van der Waals surface area contributed by atoms with Gasteiger partial charge in [-0.3, -0.25) is 14.4 Å². The molecule has 3 aliphatic rings. The Balaban J connectivity index is 1.33. The van der Waals surface area contributed by atoms with E-state index >= 15 is 0 Å². The summed E-state index contributed by atoms with van der Waals surface area (Å²) in [5.41, 5.74) is 0.412. The largest absolute Gasteiger partial charge is 0.351 e. The molecule has 2 aliphatic carbocycles. The van der Waals surface area contributed by atoms with Gasteiger partial charge in [0.1, 0.15) is 5.82 Å². The Labute approximate surface area is 182 Å². The van der Waals surface area contributed by atoms with Gasteiger partial charge in [0, 0.05) is 36.7 Å². The Morgan fingerprint density at radius 2 is 1.45 bits per heavy atom. The number of nitrogens with one attached hydrogen (secondary N) is 2. The molecule has 3 fully saturated rings. The quantitative estimate of drug-likeness (QED) is 0.755. The van der Waals surface area contributed by atoms with Crippen molar-refractivity contribution in [2.75, 3.05) is 13.1 Å². The smallest absolute Gasteiger partial charge is 0.251 e. The molecule has 0 spiro atoms. The van der Waals surface area contributed by atoms with Crippen LogP contribution < -0.4 is 10.6 Å². The predicted molar refractivity (Wildman–Crippen MR) is 115 cm³/mol. The maximum Gasteiger partial charge on any atom is 0.251 e. The second kappa shape index (κ2) is 9.79. The van der Waals surface area contributed by atoms with Crippen LogP contribution in [0.2, 0.25) is 0 Å². The predicted octanol–water partition coefficient (Wildman–Crippen LogP) is 3.02. The van der Waals surface area contributed by atoms with Crippen molar-refractivity contribution in [2.45, 2.75) is 69.9 Å². The van der Waals surface area contributed by atoms with Gasteiger partial charge in [-0.2, -0.15) is 0 Å². The molecule has 1 aliphatic heterocycles. The maximum absolute atomic E-state index is 13.1. The molecule has 3 atom stereocenters. The average molecular weight is 430 g/mol. The molecule has 2 N–H and O–H groups in total. The third kappa shape index (κ3) is 5.25. The number of halogens is 1. The SMILES string of the molecule is O=C(N[C@@H]1CCCC[C@H]1NC(=O)C1CCCN(C(=O)C2CCC2)C1)c1ccc(F)cc1. The number of carbonyl (C=O) groups excluding carboxylic acids is 3. The molecule has 1 unspecified atom stereocenters. The van der Waals surface area contributed by atoms with Gasteiger partial charge in [-0.25, -0.2) is 4.39 Å². The molecule has 168 valence electrons. The van der Waals surface area contributed by atoms with Crippen LogP contribution in [0.25, 0.3) is 0 Å². The van der Waals surface area contributed by atoms with Crippen LogP contribution >= 0.6 is 0 Å². The van der Waals surface area contributed by atoms with Crippen LogP contribution in [0, 0.1) is 17.7 Å². The van der Waals surface area contributed by atoms with E-state index in [1.807, 2.05) is 4.90 Å². The Hall–Kier alpha value is -2.44. The van der Waals surface area contributed by atoms with Gasteiger partial charge >= 0.3 is 0 Å². The minimum Gasteiger partial charge on any atom is -0.351 e. The van der Waals surface area contributed by atoms with Gasteiger partial charge in [0.15, 0.2) is 0 Å². The van der Waals surface area contributed by atoms with Crippen molar-refractivity contribution in [1.29, 1.82) is 0 Å². The van der Waals surface area contributed by atoms with E-state index in [0.29, 0.717) is 12.1 Å². The van der Waals surface area contributed by atoms with Crippen molar-refractivity contribution in [3.05, 3.63) is 35.6 Å². The van der Waals surface area contributed by atoms with E-state index in [2.05, 4.69) is 10.6 Å². The molecule has 1 aromatic carbocycles. The molecule has 1 saturated heterocycles. The van der Waals surface area contributed by atoms with Gasteiger partial charge in [0.25, 0.3) is 5.91 Å². The summed E-state index contributed by atoms with van der Waals surface area (Å²) in [6.45, 7) is 1.25. The van der Waals surface area contributed by atoms with Crippen LogP contribution in [0.5, 0.6) is 0 Å². The third-order valence-electron chi connectivity index (χ3n) is 7.07. The summed E-state index contributed by atoms with van der Waals surface area (Å²) in [5.74, 6) is -0.456. The van der Waals surface area contributed by atoms with Crippen molar-refractivity contribution in [2.24, 2.45) is 11.8 Å². The molecule has 6 nitrogen and oxygen atoms in total. The Kier molecular flexibility index (Phi) is 6.88. The highest BCUT2D eigenvalue weighted by Gasteiger charge is 2.36. The minimum atomic E-state index is -0.378. The average Bonchev–Trinajstić information content (AvgIpc) is 2.74. The van der Waals surface area contributed by atoms with E-state index in [0.717, 1.165) is 64.3 Å². The molecule has 4 rings (SSSR count). The van der Waals surface area contributed by atoms with Crippen molar-refractivity contribution >= 4 is 17.7 Å². The molecule has 0 aromatic heterocycles. The second-order valence-electron chi connectivity index (χ2n) is 9.24. The lowest BCUT2D eigenvalue weighted by atomic mass is 9.83. The van der Waals surface area contributed by atoms with Crippen LogP contribution in [0.1, 0.15) is 68.1 Å². The fourth-order valence-electron chi connectivity index (χ4n) is 4.93. The van der Waals surface area contributed by atoms with Gasteiger partial charge < -0.3 is 15.5 Å². The molecule has 0 radical (unpaired) electrons.